The van der Waals surface area contributed by atoms with E-state index >= 15 is 0 Å². The maximum Gasteiger partial charge on any atom is 0.108 e. The molecule has 1 aliphatic rings. The van der Waals surface area contributed by atoms with Gasteiger partial charge in [-0.1, -0.05) is 26.2 Å². The van der Waals surface area contributed by atoms with Crippen LogP contribution in [-0.4, -0.2) is 15.1 Å². The zero-order chi connectivity index (χ0) is 12.1. The van der Waals surface area contributed by atoms with Gasteiger partial charge in [-0.2, -0.15) is 0 Å². The van der Waals surface area contributed by atoms with Crippen molar-refractivity contribution in [2.24, 2.45) is 5.92 Å². The fourth-order valence-corrected chi connectivity index (χ4v) is 2.89. The van der Waals surface area contributed by atoms with E-state index in [0.29, 0.717) is 0 Å². The smallest absolute Gasteiger partial charge is 0.108 e. The molecule has 94 valence electrons. The molecule has 3 nitrogen and oxygen atoms in total. The molecule has 0 radical (unpaired) electrons. The van der Waals surface area contributed by atoms with E-state index in [-0.39, 0.29) is 0 Å². The summed E-state index contributed by atoms with van der Waals surface area (Å²) in [6, 6.07) is 0. The summed E-state index contributed by atoms with van der Waals surface area (Å²) in [5, 5.41) is 10.7. The number of aromatic nitrogens is 2. The number of aliphatic hydroxyl groups is 1. The van der Waals surface area contributed by atoms with Crippen LogP contribution >= 0.6 is 0 Å². The van der Waals surface area contributed by atoms with Gasteiger partial charge >= 0.3 is 0 Å². The van der Waals surface area contributed by atoms with E-state index in [9.17, 15) is 5.11 Å². The lowest BCUT2D eigenvalue weighted by Gasteiger charge is -2.25. The Morgan fingerprint density at radius 3 is 2.94 bits per heavy atom. The molecule has 1 fully saturated rings. The van der Waals surface area contributed by atoms with Crippen LogP contribution in [0.1, 0.15) is 57.6 Å². The third-order valence-corrected chi connectivity index (χ3v) is 3.91. The predicted octanol–water partition coefficient (Wildman–Crippen LogP) is 3.04. The van der Waals surface area contributed by atoms with E-state index in [4.69, 9.17) is 0 Å². The van der Waals surface area contributed by atoms with Crippen LogP contribution in [-0.2, 0) is 5.60 Å². The zero-order valence-corrected chi connectivity index (χ0v) is 10.6. The molecule has 1 heterocycles. The van der Waals surface area contributed by atoms with Gasteiger partial charge in [0, 0.05) is 12.4 Å². The maximum absolute atomic E-state index is 10.7. The molecule has 0 aliphatic heterocycles. The lowest BCUT2D eigenvalue weighted by molar-refractivity contribution is 0.0149. The molecule has 0 spiro atoms. The monoisotopic (exact) mass is 234 g/mol. The summed E-state index contributed by atoms with van der Waals surface area (Å²) in [5.74, 6) is 0.783. The van der Waals surface area contributed by atoms with Gasteiger partial charge in [0.25, 0.3) is 0 Å². The number of rotatable bonds is 3. The van der Waals surface area contributed by atoms with Crippen LogP contribution in [0.15, 0.2) is 18.6 Å². The molecule has 0 amide bonds. The quantitative estimate of drug-likeness (QED) is 0.818. The fraction of sp³-hybridized carbons (Fsp3) is 0.714. The van der Waals surface area contributed by atoms with Crippen molar-refractivity contribution in [3.8, 4) is 0 Å². The molecule has 1 aromatic rings. The van der Waals surface area contributed by atoms with Crippen molar-refractivity contribution >= 4 is 0 Å². The number of hydrogen-bond acceptors (Lipinski definition) is 3. The first kappa shape index (κ1) is 12.5. The summed E-state index contributed by atoms with van der Waals surface area (Å²) in [6.45, 7) is 2.24. The first-order valence-electron chi connectivity index (χ1n) is 6.73. The lowest BCUT2D eigenvalue weighted by atomic mass is 9.90. The molecule has 2 rings (SSSR count). The van der Waals surface area contributed by atoms with Gasteiger partial charge in [-0.15, -0.1) is 0 Å². The molecule has 3 heteroatoms. The second kappa shape index (κ2) is 5.58. The van der Waals surface area contributed by atoms with Crippen molar-refractivity contribution in [3.05, 3.63) is 24.3 Å². The summed E-state index contributed by atoms with van der Waals surface area (Å²) in [5.41, 5.74) is 0.00803. The second-order valence-corrected chi connectivity index (χ2v) is 5.21. The van der Waals surface area contributed by atoms with Crippen molar-refractivity contribution in [2.75, 3.05) is 0 Å². The molecular formula is C14H22N2O. The van der Waals surface area contributed by atoms with E-state index in [1.54, 1.807) is 18.6 Å². The molecule has 1 aromatic heterocycles. The molecule has 2 unspecified atom stereocenters. The van der Waals surface area contributed by atoms with E-state index in [1.165, 1.54) is 19.3 Å². The Bertz CT molecular complexity index is 341. The van der Waals surface area contributed by atoms with Crippen LogP contribution in [0.5, 0.6) is 0 Å². The SMILES string of the molecule is CCCC1CCCC(O)(c2cnccn2)CC1. The van der Waals surface area contributed by atoms with Gasteiger partial charge in [0.1, 0.15) is 5.60 Å². The van der Waals surface area contributed by atoms with Crippen molar-refractivity contribution in [1.29, 1.82) is 0 Å². The van der Waals surface area contributed by atoms with Gasteiger partial charge < -0.3 is 5.11 Å². The van der Waals surface area contributed by atoms with Crippen LogP contribution < -0.4 is 0 Å². The highest BCUT2D eigenvalue weighted by Crippen LogP contribution is 2.37. The highest BCUT2D eigenvalue weighted by atomic mass is 16.3. The van der Waals surface area contributed by atoms with Gasteiger partial charge in [0.2, 0.25) is 0 Å². The van der Waals surface area contributed by atoms with Gasteiger partial charge in [0.05, 0.1) is 11.9 Å². The van der Waals surface area contributed by atoms with Crippen molar-refractivity contribution < 1.29 is 5.11 Å². The van der Waals surface area contributed by atoms with Crippen LogP contribution in [0.4, 0.5) is 0 Å². The lowest BCUT2D eigenvalue weighted by Crippen LogP contribution is -2.26. The second-order valence-electron chi connectivity index (χ2n) is 5.21. The van der Waals surface area contributed by atoms with Gasteiger partial charge in [0.15, 0.2) is 0 Å². The summed E-state index contributed by atoms with van der Waals surface area (Å²) in [6.07, 6.45) is 12.7. The Kier molecular flexibility index (Phi) is 4.11. The fourth-order valence-electron chi connectivity index (χ4n) is 2.89. The summed E-state index contributed by atoms with van der Waals surface area (Å²) < 4.78 is 0. The number of hydrogen-bond donors (Lipinski definition) is 1. The maximum atomic E-state index is 10.7. The van der Waals surface area contributed by atoms with Gasteiger partial charge in [-0.3, -0.25) is 9.97 Å². The highest BCUT2D eigenvalue weighted by molar-refractivity contribution is 5.08. The zero-order valence-electron chi connectivity index (χ0n) is 10.6. The third-order valence-electron chi connectivity index (χ3n) is 3.91. The summed E-state index contributed by atoms with van der Waals surface area (Å²) in [7, 11) is 0. The molecule has 17 heavy (non-hydrogen) atoms. The van der Waals surface area contributed by atoms with Crippen LogP contribution in [0.3, 0.4) is 0 Å². The largest absolute Gasteiger partial charge is 0.383 e. The van der Waals surface area contributed by atoms with E-state index in [2.05, 4.69) is 16.9 Å². The Balaban J connectivity index is 2.06. The molecular weight excluding hydrogens is 212 g/mol. The summed E-state index contributed by atoms with van der Waals surface area (Å²) in [4.78, 5) is 8.34. The first-order valence-corrected chi connectivity index (χ1v) is 6.73. The van der Waals surface area contributed by atoms with Crippen molar-refractivity contribution in [2.45, 2.75) is 57.5 Å². The van der Waals surface area contributed by atoms with E-state index in [0.717, 1.165) is 37.3 Å². The highest BCUT2D eigenvalue weighted by Gasteiger charge is 2.33. The van der Waals surface area contributed by atoms with Crippen LogP contribution in [0.2, 0.25) is 0 Å². The first-order chi connectivity index (χ1) is 8.24. The molecule has 2 atom stereocenters. The average molecular weight is 234 g/mol. The minimum atomic E-state index is -0.739. The van der Waals surface area contributed by atoms with Crippen molar-refractivity contribution in [1.82, 2.24) is 9.97 Å². The molecule has 1 aliphatic carbocycles. The van der Waals surface area contributed by atoms with E-state index in [1.807, 2.05) is 0 Å². The Morgan fingerprint density at radius 2 is 2.24 bits per heavy atom. The minimum absolute atomic E-state index is 0.739. The van der Waals surface area contributed by atoms with Crippen LogP contribution in [0.25, 0.3) is 0 Å². The standard InChI is InChI=1S/C14H22N2O/c1-2-4-12-5-3-7-14(17,8-6-12)13-11-15-9-10-16-13/h9-12,17H,2-8H2,1H3. The Hall–Kier alpha value is -0.960. The molecule has 0 saturated heterocycles. The van der Waals surface area contributed by atoms with Gasteiger partial charge in [-0.25, -0.2) is 0 Å². The van der Waals surface area contributed by atoms with Crippen LogP contribution in [0, 0.1) is 5.92 Å². The molecule has 1 N–H and O–H groups in total. The molecule has 0 aromatic carbocycles. The minimum Gasteiger partial charge on any atom is -0.383 e. The summed E-state index contributed by atoms with van der Waals surface area (Å²) >= 11 is 0. The predicted molar refractivity (Wildman–Crippen MR) is 67.4 cm³/mol. The van der Waals surface area contributed by atoms with Gasteiger partial charge in [-0.05, 0) is 31.6 Å². The van der Waals surface area contributed by atoms with E-state index < -0.39 is 5.60 Å². The average Bonchev–Trinajstić information content (AvgIpc) is 2.55. The van der Waals surface area contributed by atoms with Crippen molar-refractivity contribution in [3.63, 3.8) is 0 Å². The molecule has 1 saturated carbocycles. The Labute approximate surface area is 103 Å². The Morgan fingerprint density at radius 1 is 1.35 bits per heavy atom. The third kappa shape index (κ3) is 3.03. The normalized spacial score (nSPS) is 29.9. The molecule has 0 bridgehead atoms. The topological polar surface area (TPSA) is 46.0 Å². The number of nitrogens with zero attached hydrogens (tertiary/aromatic N) is 2.